The zero-order valence-corrected chi connectivity index (χ0v) is 13.2. The zero-order chi connectivity index (χ0) is 13.9. The van der Waals surface area contributed by atoms with Gasteiger partial charge in [0.2, 0.25) is 0 Å². The van der Waals surface area contributed by atoms with Crippen molar-refractivity contribution in [2.45, 2.75) is 19.3 Å². The van der Waals surface area contributed by atoms with E-state index in [2.05, 4.69) is 21.2 Å². The third kappa shape index (κ3) is 3.72. The highest BCUT2D eigenvalue weighted by Crippen LogP contribution is 2.48. The highest BCUT2D eigenvalue weighted by atomic mass is 79.9. The Labute approximate surface area is 123 Å². The van der Waals surface area contributed by atoms with Crippen LogP contribution in [0.15, 0.2) is 24.3 Å². The van der Waals surface area contributed by atoms with Crippen molar-refractivity contribution in [2.24, 2.45) is 5.41 Å². The van der Waals surface area contributed by atoms with E-state index >= 15 is 0 Å². The van der Waals surface area contributed by atoms with Crippen LogP contribution < -0.4 is 10.2 Å². The van der Waals surface area contributed by atoms with E-state index in [9.17, 15) is 4.79 Å². The van der Waals surface area contributed by atoms with Gasteiger partial charge in [0.25, 0.3) is 5.91 Å². The second-order valence-corrected chi connectivity index (χ2v) is 6.36. The highest BCUT2D eigenvalue weighted by Gasteiger charge is 2.41. The van der Waals surface area contributed by atoms with Crippen LogP contribution in [0.25, 0.3) is 0 Å². The molecule has 4 heteroatoms. The summed E-state index contributed by atoms with van der Waals surface area (Å²) in [6.45, 7) is 0.798. The summed E-state index contributed by atoms with van der Waals surface area (Å²) in [6, 6.07) is 7.71. The fraction of sp³-hybridized carbons (Fsp3) is 0.533. The van der Waals surface area contributed by atoms with Gasteiger partial charge in [-0.05, 0) is 48.9 Å². The van der Waals surface area contributed by atoms with Crippen LogP contribution in [-0.4, -0.2) is 31.9 Å². The number of hydrogen-bond donors (Lipinski definition) is 1. The number of carbonyl (C=O) groups excluding carboxylic acids is 1. The molecule has 1 aliphatic carbocycles. The van der Waals surface area contributed by atoms with Gasteiger partial charge in [-0.1, -0.05) is 15.9 Å². The van der Waals surface area contributed by atoms with E-state index in [1.54, 1.807) is 0 Å². The van der Waals surface area contributed by atoms with Gasteiger partial charge in [-0.2, -0.15) is 0 Å². The first-order valence-corrected chi connectivity index (χ1v) is 7.80. The van der Waals surface area contributed by atoms with Crippen molar-refractivity contribution in [3.8, 4) is 0 Å². The summed E-state index contributed by atoms with van der Waals surface area (Å²) in [4.78, 5) is 14.1. The molecular weight excluding hydrogens is 304 g/mol. The monoisotopic (exact) mass is 324 g/mol. The van der Waals surface area contributed by atoms with Crippen molar-refractivity contribution in [3.05, 3.63) is 29.8 Å². The molecule has 3 nitrogen and oxygen atoms in total. The normalized spacial score (nSPS) is 15.9. The van der Waals surface area contributed by atoms with Crippen molar-refractivity contribution in [1.82, 2.24) is 5.32 Å². The Morgan fingerprint density at radius 3 is 2.42 bits per heavy atom. The lowest BCUT2D eigenvalue weighted by Gasteiger charge is -2.15. The number of nitrogens with one attached hydrogen (secondary N) is 1. The van der Waals surface area contributed by atoms with Crippen molar-refractivity contribution >= 4 is 27.5 Å². The molecule has 0 radical (unpaired) electrons. The number of alkyl halides is 1. The van der Waals surface area contributed by atoms with Crippen LogP contribution in [0.2, 0.25) is 0 Å². The van der Waals surface area contributed by atoms with E-state index in [-0.39, 0.29) is 5.91 Å². The number of carbonyl (C=O) groups is 1. The molecule has 0 bridgehead atoms. The molecule has 2 rings (SSSR count). The molecule has 1 aliphatic rings. The molecule has 104 valence electrons. The predicted molar refractivity (Wildman–Crippen MR) is 83.2 cm³/mol. The maximum absolute atomic E-state index is 12.1. The van der Waals surface area contributed by atoms with Gasteiger partial charge in [0.1, 0.15) is 0 Å². The molecule has 0 atom stereocenters. The summed E-state index contributed by atoms with van der Waals surface area (Å²) in [5.41, 5.74) is 2.21. The summed E-state index contributed by atoms with van der Waals surface area (Å²) in [5, 5.41) is 4.08. The van der Waals surface area contributed by atoms with Gasteiger partial charge in [0.15, 0.2) is 0 Å². The standard InChI is InChI=1S/C15H21BrN2O/c1-18(2)13-5-3-12(4-6-13)14(19)17-11-15(7-8-15)9-10-16/h3-6H,7-11H2,1-2H3,(H,17,19). The fourth-order valence-electron chi connectivity index (χ4n) is 2.17. The molecule has 0 heterocycles. The van der Waals surface area contributed by atoms with Crippen LogP contribution in [0.3, 0.4) is 0 Å². The van der Waals surface area contributed by atoms with Gasteiger partial charge in [0.05, 0.1) is 0 Å². The quantitative estimate of drug-likeness (QED) is 0.816. The van der Waals surface area contributed by atoms with Crippen molar-refractivity contribution < 1.29 is 4.79 Å². The number of anilines is 1. The molecule has 0 saturated heterocycles. The molecule has 19 heavy (non-hydrogen) atoms. The molecule has 1 N–H and O–H groups in total. The van der Waals surface area contributed by atoms with E-state index in [0.717, 1.165) is 29.5 Å². The third-order valence-corrected chi connectivity index (χ3v) is 4.25. The third-order valence-electron chi connectivity index (χ3n) is 3.85. The Balaban J connectivity index is 1.89. The van der Waals surface area contributed by atoms with Crippen LogP contribution in [0.4, 0.5) is 5.69 Å². The largest absolute Gasteiger partial charge is 0.378 e. The molecule has 1 aromatic rings. The van der Waals surface area contributed by atoms with E-state index < -0.39 is 0 Å². The van der Waals surface area contributed by atoms with E-state index in [0.29, 0.717) is 5.41 Å². The number of nitrogens with zero attached hydrogens (tertiary/aromatic N) is 1. The lowest BCUT2D eigenvalue weighted by Crippen LogP contribution is -2.30. The second-order valence-electron chi connectivity index (χ2n) is 5.56. The Hall–Kier alpha value is -1.03. The number of benzene rings is 1. The van der Waals surface area contributed by atoms with Gasteiger partial charge >= 0.3 is 0 Å². The highest BCUT2D eigenvalue weighted by molar-refractivity contribution is 9.09. The minimum Gasteiger partial charge on any atom is -0.378 e. The molecular formula is C15H21BrN2O. The maximum Gasteiger partial charge on any atom is 0.251 e. The number of hydrogen-bond acceptors (Lipinski definition) is 2. The lowest BCUT2D eigenvalue weighted by atomic mass is 10.0. The van der Waals surface area contributed by atoms with Crippen molar-refractivity contribution in [1.29, 1.82) is 0 Å². The number of rotatable bonds is 6. The Morgan fingerprint density at radius 2 is 1.95 bits per heavy atom. The van der Waals surface area contributed by atoms with Crippen molar-refractivity contribution in [3.63, 3.8) is 0 Å². The van der Waals surface area contributed by atoms with Gasteiger partial charge in [-0.15, -0.1) is 0 Å². The minimum atomic E-state index is 0.0335. The van der Waals surface area contributed by atoms with Crippen LogP contribution >= 0.6 is 15.9 Å². The molecule has 0 spiro atoms. The maximum atomic E-state index is 12.1. The summed E-state index contributed by atoms with van der Waals surface area (Å²) >= 11 is 3.48. The van der Waals surface area contributed by atoms with Crippen LogP contribution in [0, 0.1) is 5.41 Å². The smallest absolute Gasteiger partial charge is 0.251 e. The van der Waals surface area contributed by atoms with Crippen LogP contribution in [0.5, 0.6) is 0 Å². The lowest BCUT2D eigenvalue weighted by molar-refractivity contribution is 0.0944. The first kappa shape index (κ1) is 14.4. The molecule has 0 aliphatic heterocycles. The molecule has 1 saturated carbocycles. The van der Waals surface area contributed by atoms with Gasteiger partial charge in [-0.25, -0.2) is 0 Å². The van der Waals surface area contributed by atoms with Crippen molar-refractivity contribution in [2.75, 3.05) is 30.9 Å². The average Bonchev–Trinajstić information content (AvgIpc) is 3.17. The SMILES string of the molecule is CN(C)c1ccc(C(=O)NCC2(CCBr)CC2)cc1. The predicted octanol–water partition coefficient (Wildman–Crippen LogP) is 3.05. The number of amides is 1. The van der Waals surface area contributed by atoms with Gasteiger partial charge in [0, 0.05) is 37.2 Å². The topological polar surface area (TPSA) is 32.3 Å². The Bertz CT molecular complexity index is 438. The zero-order valence-electron chi connectivity index (χ0n) is 11.6. The average molecular weight is 325 g/mol. The molecule has 0 aromatic heterocycles. The van der Waals surface area contributed by atoms with E-state index in [1.165, 1.54) is 12.8 Å². The first-order valence-electron chi connectivity index (χ1n) is 6.68. The van der Waals surface area contributed by atoms with E-state index in [1.807, 2.05) is 43.3 Å². The summed E-state index contributed by atoms with van der Waals surface area (Å²) in [5.74, 6) is 0.0335. The number of halogens is 1. The van der Waals surface area contributed by atoms with Crippen LogP contribution in [0.1, 0.15) is 29.6 Å². The summed E-state index contributed by atoms with van der Waals surface area (Å²) in [6.07, 6.45) is 3.61. The molecule has 0 unspecified atom stereocenters. The Morgan fingerprint density at radius 1 is 1.32 bits per heavy atom. The Kier molecular flexibility index (Phi) is 4.50. The molecule has 1 aromatic carbocycles. The summed E-state index contributed by atoms with van der Waals surface area (Å²) < 4.78 is 0. The minimum absolute atomic E-state index is 0.0335. The van der Waals surface area contributed by atoms with Gasteiger partial charge in [-0.3, -0.25) is 4.79 Å². The van der Waals surface area contributed by atoms with Gasteiger partial charge < -0.3 is 10.2 Å². The van der Waals surface area contributed by atoms with Crippen LogP contribution in [-0.2, 0) is 0 Å². The van der Waals surface area contributed by atoms with E-state index in [4.69, 9.17) is 0 Å². The fourth-order valence-corrected chi connectivity index (χ4v) is 3.01. The molecule has 1 fully saturated rings. The summed E-state index contributed by atoms with van der Waals surface area (Å²) in [7, 11) is 3.98. The second kappa shape index (κ2) is 5.95. The first-order chi connectivity index (χ1) is 9.06. The molecule has 1 amide bonds.